The normalized spacial score (nSPS) is 21.2. The van der Waals surface area contributed by atoms with Crippen LogP contribution in [0.1, 0.15) is 24.4 Å². The van der Waals surface area contributed by atoms with Crippen LogP contribution in [0.25, 0.3) is 0 Å². The van der Waals surface area contributed by atoms with Gasteiger partial charge in [-0.1, -0.05) is 6.07 Å². The third kappa shape index (κ3) is 3.15. The molecule has 116 valence electrons. The molecule has 0 bridgehead atoms. The van der Waals surface area contributed by atoms with Crippen LogP contribution in [0.5, 0.6) is 11.5 Å². The lowest BCUT2D eigenvalue weighted by Crippen LogP contribution is -2.41. The molecule has 0 amide bonds. The summed E-state index contributed by atoms with van der Waals surface area (Å²) in [5.41, 5.74) is 7.24. The molecule has 1 aromatic rings. The van der Waals surface area contributed by atoms with Gasteiger partial charge in [0.1, 0.15) is 13.2 Å². The summed E-state index contributed by atoms with van der Waals surface area (Å²) in [6.07, 6.45) is 2.52. The van der Waals surface area contributed by atoms with Crippen molar-refractivity contribution in [3.8, 4) is 11.5 Å². The summed E-state index contributed by atoms with van der Waals surface area (Å²) in [5.74, 6) is 1.67. The van der Waals surface area contributed by atoms with Crippen LogP contribution in [-0.2, 0) is 4.74 Å². The van der Waals surface area contributed by atoms with Crippen molar-refractivity contribution in [2.24, 2.45) is 5.73 Å². The Hall–Kier alpha value is -1.30. The summed E-state index contributed by atoms with van der Waals surface area (Å²) in [6.45, 7) is 3.89. The summed E-state index contributed by atoms with van der Waals surface area (Å²) in [5, 5.41) is 0. The number of likely N-dealkylation sites (tertiary alicyclic amines) is 1. The van der Waals surface area contributed by atoms with Crippen molar-refractivity contribution in [1.29, 1.82) is 0 Å². The number of nitrogens with zero attached hydrogens (tertiary/aromatic N) is 1. The van der Waals surface area contributed by atoms with E-state index in [0.29, 0.717) is 25.9 Å². The molecule has 1 atom stereocenters. The summed E-state index contributed by atoms with van der Waals surface area (Å²) in [6, 6.07) is 6.41. The molecule has 1 unspecified atom stereocenters. The first-order chi connectivity index (χ1) is 10.3. The lowest BCUT2D eigenvalue weighted by molar-refractivity contribution is 0.0280. The fourth-order valence-corrected chi connectivity index (χ4v) is 3.19. The Morgan fingerprint density at radius 3 is 2.62 bits per heavy atom. The number of nitrogens with two attached hydrogens (primary N) is 1. The fraction of sp³-hybridized carbons (Fsp3) is 0.625. The van der Waals surface area contributed by atoms with E-state index in [4.69, 9.17) is 19.9 Å². The van der Waals surface area contributed by atoms with E-state index in [-0.39, 0.29) is 6.04 Å². The summed E-state index contributed by atoms with van der Waals surface area (Å²) in [4.78, 5) is 2.45. The average Bonchev–Trinajstić information content (AvgIpc) is 2.56. The van der Waals surface area contributed by atoms with Crippen molar-refractivity contribution in [1.82, 2.24) is 4.90 Å². The van der Waals surface area contributed by atoms with Gasteiger partial charge < -0.3 is 19.9 Å². The van der Waals surface area contributed by atoms with Gasteiger partial charge in [0.25, 0.3) is 0 Å². The second-order valence-corrected chi connectivity index (χ2v) is 5.63. The lowest BCUT2D eigenvalue weighted by Gasteiger charge is -2.37. The molecule has 21 heavy (non-hydrogen) atoms. The maximum Gasteiger partial charge on any atom is 0.161 e. The Kier molecular flexibility index (Phi) is 4.63. The highest BCUT2D eigenvalue weighted by Crippen LogP contribution is 2.34. The minimum Gasteiger partial charge on any atom is -0.486 e. The van der Waals surface area contributed by atoms with Gasteiger partial charge in [-0.2, -0.15) is 0 Å². The number of methoxy groups -OCH3 is 1. The topological polar surface area (TPSA) is 57.0 Å². The van der Waals surface area contributed by atoms with Crippen LogP contribution in [0, 0.1) is 0 Å². The largest absolute Gasteiger partial charge is 0.486 e. The Balaban J connectivity index is 1.74. The number of benzene rings is 1. The first-order valence-corrected chi connectivity index (χ1v) is 7.68. The summed E-state index contributed by atoms with van der Waals surface area (Å²) in [7, 11) is 1.79. The Labute approximate surface area is 126 Å². The highest BCUT2D eigenvalue weighted by molar-refractivity contribution is 5.44. The standard InChI is InChI=1S/C16H24N2O3/c1-19-13-4-6-18(7-5-13)14(11-17)12-2-3-15-16(10-12)21-9-8-20-15/h2-3,10,13-14H,4-9,11,17H2,1H3. The van der Waals surface area contributed by atoms with Gasteiger partial charge in [0, 0.05) is 32.8 Å². The number of rotatable bonds is 4. The zero-order chi connectivity index (χ0) is 14.7. The van der Waals surface area contributed by atoms with Crippen molar-refractivity contribution < 1.29 is 14.2 Å². The predicted octanol–water partition coefficient (Wildman–Crippen LogP) is 1.57. The number of fused-ring (bicyclic) bond motifs is 1. The van der Waals surface area contributed by atoms with Crippen molar-refractivity contribution in [2.45, 2.75) is 25.0 Å². The third-order valence-electron chi connectivity index (χ3n) is 4.42. The molecule has 3 rings (SSSR count). The molecule has 2 aliphatic rings. The van der Waals surface area contributed by atoms with Crippen LogP contribution in [0.2, 0.25) is 0 Å². The fourth-order valence-electron chi connectivity index (χ4n) is 3.19. The van der Waals surface area contributed by atoms with Crippen LogP contribution >= 0.6 is 0 Å². The van der Waals surface area contributed by atoms with Crippen molar-refractivity contribution >= 4 is 0 Å². The maximum atomic E-state index is 6.03. The molecule has 2 N–H and O–H groups in total. The molecule has 5 heteroatoms. The number of hydrogen-bond donors (Lipinski definition) is 1. The molecule has 1 fully saturated rings. The van der Waals surface area contributed by atoms with Crippen LogP contribution in [0.4, 0.5) is 0 Å². The van der Waals surface area contributed by atoms with E-state index in [1.807, 2.05) is 6.07 Å². The molecule has 0 aromatic heterocycles. The Morgan fingerprint density at radius 2 is 1.95 bits per heavy atom. The van der Waals surface area contributed by atoms with Crippen LogP contribution in [0.3, 0.4) is 0 Å². The molecule has 1 aromatic carbocycles. The van der Waals surface area contributed by atoms with E-state index in [0.717, 1.165) is 37.4 Å². The zero-order valence-electron chi connectivity index (χ0n) is 12.6. The Bertz CT molecular complexity index is 473. The van der Waals surface area contributed by atoms with Crippen LogP contribution < -0.4 is 15.2 Å². The van der Waals surface area contributed by atoms with Crippen LogP contribution in [0.15, 0.2) is 18.2 Å². The highest BCUT2D eigenvalue weighted by Gasteiger charge is 2.26. The first kappa shape index (κ1) is 14.6. The lowest BCUT2D eigenvalue weighted by atomic mass is 10.00. The smallest absolute Gasteiger partial charge is 0.161 e. The predicted molar refractivity (Wildman–Crippen MR) is 80.8 cm³/mol. The van der Waals surface area contributed by atoms with E-state index in [1.165, 1.54) is 5.56 Å². The molecule has 0 saturated carbocycles. The Morgan fingerprint density at radius 1 is 1.24 bits per heavy atom. The van der Waals surface area contributed by atoms with Gasteiger partial charge >= 0.3 is 0 Å². The third-order valence-corrected chi connectivity index (χ3v) is 4.42. The van der Waals surface area contributed by atoms with E-state index in [2.05, 4.69) is 17.0 Å². The molecule has 1 saturated heterocycles. The number of hydrogen-bond acceptors (Lipinski definition) is 5. The van der Waals surface area contributed by atoms with Crippen molar-refractivity contribution in [2.75, 3.05) is 40.0 Å². The van der Waals surface area contributed by atoms with Gasteiger partial charge in [-0.15, -0.1) is 0 Å². The van der Waals surface area contributed by atoms with E-state index < -0.39 is 0 Å². The van der Waals surface area contributed by atoms with Crippen LogP contribution in [-0.4, -0.2) is 51.0 Å². The summed E-state index contributed by atoms with van der Waals surface area (Å²) < 4.78 is 16.7. The molecule has 5 nitrogen and oxygen atoms in total. The van der Waals surface area contributed by atoms with Crippen molar-refractivity contribution in [3.63, 3.8) is 0 Å². The quantitative estimate of drug-likeness (QED) is 0.913. The SMILES string of the molecule is COC1CCN(C(CN)c2ccc3c(c2)OCCO3)CC1. The average molecular weight is 292 g/mol. The monoisotopic (exact) mass is 292 g/mol. The van der Waals surface area contributed by atoms with Gasteiger partial charge in [-0.25, -0.2) is 0 Å². The van der Waals surface area contributed by atoms with E-state index in [9.17, 15) is 0 Å². The first-order valence-electron chi connectivity index (χ1n) is 7.68. The van der Waals surface area contributed by atoms with Gasteiger partial charge in [0.2, 0.25) is 0 Å². The number of ether oxygens (including phenoxy) is 3. The molecule has 0 aliphatic carbocycles. The van der Waals surface area contributed by atoms with Gasteiger partial charge in [-0.05, 0) is 30.5 Å². The van der Waals surface area contributed by atoms with E-state index >= 15 is 0 Å². The second kappa shape index (κ2) is 6.64. The molecule has 2 aliphatic heterocycles. The van der Waals surface area contributed by atoms with Crippen molar-refractivity contribution in [3.05, 3.63) is 23.8 Å². The van der Waals surface area contributed by atoms with E-state index in [1.54, 1.807) is 7.11 Å². The van der Waals surface area contributed by atoms with Gasteiger partial charge in [-0.3, -0.25) is 4.90 Å². The number of piperidine rings is 1. The molecule has 2 heterocycles. The highest BCUT2D eigenvalue weighted by atomic mass is 16.6. The molecule has 0 radical (unpaired) electrons. The van der Waals surface area contributed by atoms with Gasteiger partial charge in [0.15, 0.2) is 11.5 Å². The minimum absolute atomic E-state index is 0.235. The van der Waals surface area contributed by atoms with Gasteiger partial charge in [0.05, 0.1) is 6.10 Å². The molecule has 0 spiro atoms. The minimum atomic E-state index is 0.235. The zero-order valence-corrected chi connectivity index (χ0v) is 12.6. The molecular formula is C16H24N2O3. The summed E-state index contributed by atoms with van der Waals surface area (Å²) >= 11 is 0. The maximum absolute atomic E-state index is 6.03. The molecular weight excluding hydrogens is 268 g/mol. The second-order valence-electron chi connectivity index (χ2n) is 5.63.